The van der Waals surface area contributed by atoms with E-state index >= 15 is 0 Å². The number of nitrogens with one attached hydrogen (secondary N) is 1. The van der Waals surface area contributed by atoms with E-state index in [1.165, 1.54) is 0 Å². The first-order valence-electron chi connectivity index (χ1n) is 7.13. The smallest absolute Gasteiger partial charge is 0.133 e. The number of hydrogen-bond donors (Lipinski definition) is 1. The molecule has 0 aliphatic carbocycles. The number of fused-ring (bicyclic) bond motifs is 1. The van der Waals surface area contributed by atoms with E-state index < -0.39 is 0 Å². The van der Waals surface area contributed by atoms with Crippen molar-refractivity contribution in [2.75, 3.05) is 0 Å². The van der Waals surface area contributed by atoms with E-state index in [-0.39, 0.29) is 0 Å². The summed E-state index contributed by atoms with van der Waals surface area (Å²) in [5, 5.41) is 1.14. The van der Waals surface area contributed by atoms with Crippen molar-refractivity contribution in [2.24, 2.45) is 0 Å². The van der Waals surface area contributed by atoms with Gasteiger partial charge in [0.2, 0.25) is 0 Å². The maximum atomic E-state index is 5.37. The number of hydrogen-bond acceptors (Lipinski definition) is 3. The van der Waals surface area contributed by atoms with E-state index in [1.54, 1.807) is 6.33 Å². The van der Waals surface area contributed by atoms with Crippen LogP contribution in [0.3, 0.4) is 0 Å². The molecule has 0 amide bonds. The number of aryl methyl sites for hydroxylation is 1. The molecule has 0 aliphatic rings. The Kier molecular flexibility index (Phi) is 3.80. The van der Waals surface area contributed by atoms with Gasteiger partial charge in [-0.15, -0.1) is 0 Å². The molecule has 4 heteroatoms. The van der Waals surface area contributed by atoms with Crippen LogP contribution in [-0.4, -0.2) is 15.0 Å². The topological polar surface area (TPSA) is 41.6 Å². The first-order valence-corrected chi connectivity index (χ1v) is 7.54. The predicted molar refractivity (Wildman–Crippen MR) is 88.9 cm³/mol. The van der Waals surface area contributed by atoms with Crippen molar-refractivity contribution in [3.05, 3.63) is 52.6 Å². The molecule has 0 saturated carbocycles. The highest BCUT2D eigenvalue weighted by atomic mass is 32.1. The van der Waals surface area contributed by atoms with Gasteiger partial charge in [0.1, 0.15) is 4.64 Å². The molecule has 0 unspecified atom stereocenters. The molecule has 2 heterocycles. The Bertz CT molecular complexity index is 852. The number of aromatic nitrogens is 3. The van der Waals surface area contributed by atoms with Crippen molar-refractivity contribution in [3.63, 3.8) is 0 Å². The summed E-state index contributed by atoms with van der Waals surface area (Å²) < 4.78 is 0.688. The van der Waals surface area contributed by atoms with Crippen molar-refractivity contribution in [1.29, 1.82) is 0 Å². The van der Waals surface area contributed by atoms with Gasteiger partial charge in [0, 0.05) is 16.6 Å². The van der Waals surface area contributed by atoms with E-state index in [9.17, 15) is 0 Å². The largest absolute Gasteiger partial charge is 0.346 e. The summed E-state index contributed by atoms with van der Waals surface area (Å²) in [5.41, 5.74) is 5.37. The van der Waals surface area contributed by atoms with Crippen LogP contribution < -0.4 is 0 Å². The summed E-state index contributed by atoms with van der Waals surface area (Å²) in [7, 11) is 0. The highest BCUT2D eigenvalue weighted by Crippen LogP contribution is 2.26. The second-order valence-electron chi connectivity index (χ2n) is 5.17. The lowest BCUT2D eigenvalue weighted by Gasteiger charge is -2.09. The molecule has 3 aromatic rings. The number of H-pyrrole nitrogens is 1. The minimum atomic E-state index is 0.688. The minimum absolute atomic E-state index is 0.688. The number of nitrogens with zero attached hydrogens (tertiary/aromatic N) is 2. The molecular weight excluding hydrogens is 278 g/mol. The van der Waals surface area contributed by atoms with Crippen LogP contribution in [0.1, 0.15) is 24.6 Å². The summed E-state index contributed by atoms with van der Waals surface area (Å²) in [4.78, 5) is 12.0. The molecule has 0 atom stereocenters. The van der Waals surface area contributed by atoms with Crippen LogP contribution in [0.15, 0.2) is 36.7 Å². The van der Waals surface area contributed by atoms with Gasteiger partial charge >= 0.3 is 0 Å². The Balaban J connectivity index is 2.19. The van der Waals surface area contributed by atoms with Crippen LogP contribution >= 0.6 is 12.2 Å². The molecule has 0 fully saturated rings. The maximum Gasteiger partial charge on any atom is 0.133 e. The Morgan fingerprint density at radius 2 is 2.05 bits per heavy atom. The average Bonchev–Trinajstić information content (AvgIpc) is 2.49. The highest BCUT2D eigenvalue weighted by molar-refractivity contribution is 7.71. The molecule has 0 bridgehead atoms. The Morgan fingerprint density at radius 3 is 2.86 bits per heavy atom. The molecule has 0 radical (unpaired) electrons. The zero-order chi connectivity index (χ0) is 14.8. The third-order valence-electron chi connectivity index (χ3n) is 3.57. The van der Waals surface area contributed by atoms with Gasteiger partial charge < -0.3 is 4.98 Å². The quantitative estimate of drug-likeness (QED) is 0.717. The lowest BCUT2D eigenvalue weighted by Crippen LogP contribution is -1.96. The van der Waals surface area contributed by atoms with Crippen LogP contribution in [0, 0.1) is 11.6 Å². The molecule has 3 nitrogen and oxygen atoms in total. The lowest BCUT2D eigenvalue weighted by atomic mass is 10.0. The Labute approximate surface area is 129 Å². The number of pyridine rings is 1. The highest BCUT2D eigenvalue weighted by Gasteiger charge is 2.08. The van der Waals surface area contributed by atoms with Gasteiger partial charge in [-0.2, -0.15) is 0 Å². The molecule has 106 valence electrons. The molecule has 0 spiro atoms. The van der Waals surface area contributed by atoms with Crippen molar-refractivity contribution in [1.82, 2.24) is 15.0 Å². The van der Waals surface area contributed by atoms with Gasteiger partial charge in [-0.25, -0.2) is 4.98 Å². The summed E-state index contributed by atoms with van der Waals surface area (Å²) in [5.74, 6) is 0. The zero-order valence-electron chi connectivity index (χ0n) is 12.2. The Hall–Kier alpha value is -2.07. The third kappa shape index (κ3) is 2.72. The normalized spacial score (nSPS) is 11.0. The molecule has 2 aromatic heterocycles. The van der Waals surface area contributed by atoms with E-state index in [2.05, 4.69) is 46.1 Å². The van der Waals surface area contributed by atoms with Crippen LogP contribution in [-0.2, 0) is 6.42 Å². The lowest BCUT2D eigenvalue weighted by molar-refractivity contribution is 0.898. The van der Waals surface area contributed by atoms with E-state index in [0.29, 0.717) is 4.64 Å². The van der Waals surface area contributed by atoms with Crippen LogP contribution in [0.4, 0.5) is 0 Å². The number of rotatable bonds is 3. The second kappa shape index (κ2) is 5.74. The first kappa shape index (κ1) is 13.9. The summed E-state index contributed by atoms with van der Waals surface area (Å²) in [6.07, 6.45) is 3.65. The fourth-order valence-corrected chi connectivity index (χ4v) is 2.81. The van der Waals surface area contributed by atoms with Crippen molar-refractivity contribution in [3.8, 4) is 11.3 Å². The fourth-order valence-electron chi connectivity index (χ4n) is 2.55. The van der Waals surface area contributed by atoms with Crippen molar-refractivity contribution < 1.29 is 0 Å². The molecule has 1 N–H and O–H groups in total. The van der Waals surface area contributed by atoms with Crippen LogP contribution in [0.25, 0.3) is 22.2 Å². The number of benzene rings is 1. The average molecular weight is 295 g/mol. The first-order chi connectivity index (χ1) is 10.2. The fraction of sp³-hybridized carbons (Fsp3) is 0.235. The second-order valence-corrected chi connectivity index (χ2v) is 5.56. The van der Waals surface area contributed by atoms with Crippen LogP contribution in [0.2, 0.25) is 0 Å². The molecule has 3 rings (SSSR count). The Morgan fingerprint density at radius 1 is 1.19 bits per heavy atom. The molecule has 21 heavy (non-hydrogen) atoms. The monoisotopic (exact) mass is 295 g/mol. The van der Waals surface area contributed by atoms with Gasteiger partial charge in [-0.1, -0.05) is 37.7 Å². The zero-order valence-corrected chi connectivity index (χ0v) is 13.0. The third-order valence-corrected chi connectivity index (χ3v) is 3.92. The van der Waals surface area contributed by atoms with Gasteiger partial charge in [-0.3, -0.25) is 4.98 Å². The molecule has 0 saturated heterocycles. The van der Waals surface area contributed by atoms with E-state index in [1.807, 2.05) is 13.0 Å². The van der Waals surface area contributed by atoms with Gasteiger partial charge in [0.15, 0.2) is 0 Å². The van der Waals surface area contributed by atoms with Crippen LogP contribution in [0.5, 0.6) is 0 Å². The summed E-state index contributed by atoms with van der Waals surface area (Å²) in [6.45, 7) is 4.16. The van der Waals surface area contributed by atoms with Gasteiger partial charge in [0.25, 0.3) is 0 Å². The van der Waals surface area contributed by atoms with E-state index in [4.69, 9.17) is 12.2 Å². The molecule has 1 aromatic carbocycles. The van der Waals surface area contributed by atoms with Crippen molar-refractivity contribution in [2.45, 2.75) is 26.7 Å². The van der Waals surface area contributed by atoms with Crippen molar-refractivity contribution >= 4 is 23.1 Å². The van der Waals surface area contributed by atoms with Gasteiger partial charge in [-0.05, 0) is 37.1 Å². The SMILES string of the molecule is CCCc1c(-c2ccc3nc(C)ccc3c2)[nH]cnc1=S. The molecular formula is C17H17N3S. The number of aromatic amines is 1. The summed E-state index contributed by atoms with van der Waals surface area (Å²) in [6, 6.07) is 10.4. The summed E-state index contributed by atoms with van der Waals surface area (Å²) >= 11 is 5.37. The standard InChI is InChI=1S/C17H17N3S/c1-3-4-14-16(18-10-19-17(14)21)13-7-8-15-12(9-13)6-5-11(2)20-15/h5-10H,3-4H2,1-2H3,(H,18,19,21). The van der Waals surface area contributed by atoms with E-state index in [0.717, 1.165) is 46.3 Å². The van der Waals surface area contributed by atoms with Gasteiger partial charge in [0.05, 0.1) is 17.5 Å². The molecule has 0 aliphatic heterocycles. The predicted octanol–water partition coefficient (Wildman–Crippen LogP) is 4.62. The minimum Gasteiger partial charge on any atom is -0.346 e. The maximum absolute atomic E-state index is 5.37.